The Bertz CT molecular complexity index is 657. The number of nitrogens with zero attached hydrogens (tertiary/aromatic N) is 2. The fraction of sp³-hybridized carbons (Fsp3) is 0.286. The second-order valence-electron chi connectivity index (χ2n) is 4.47. The van der Waals surface area contributed by atoms with Crippen LogP contribution in [0.15, 0.2) is 47.9 Å². The van der Waals surface area contributed by atoms with Gasteiger partial charge >= 0.3 is 0 Å². The number of nitrogens with one attached hydrogen (secondary N) is 2. The average molecular weight is 306 g/mol. The van der Waals surface area contributed by atoms with Gasteiger partial charge in [0.1, 0.15) is 0 Å². The molecule has 0 unspecified atom stereocenters. The predicted octanol–water partition coefficient (Wildman–Crippen LogP) is 1.06. The molecule has 2 N–H and O–H groups in total. The van der Waals surface area contributed by atoms with Gasteiger partial charge in [-0.1, -0.05) is 13.0 Å². The smallest absolute Gasteiger partial charge is 0.258 e. The maximum absolute atomic E-state index is 12.1. The third-order valence-corrected chi connectivity index (χ3v) is 4.18. The van der Waals surface area contributed by atoms with E-state index in [1.165, 1.54) is 6.07 Å². The van der Waals surface area contributed by atoms with Crippen molar-refractivity contribution in [3.8, 4) is 0 Å². The van der Waals surface area contributed by atoms with Crippen LogP contribution in [0.2, 0.25) is 0 Å². The summed E-state index contributed by atoms with van der Waals surface area (Å²) in [4.78, 5) is 7.90. The van der Waals surface area contributed by atoms with Crippen molar-refractivity contribution in [2.75, 3.05) is 6.54 Å². The molecule has 0 spiro atoms. The first-order valence-electron chi connectivity index (χ1n) is 6.66. The third kappa shape index (κ3) is 4.59. The number of rotatable bonds is 7. The van der Waals surface area contributed by atoms with E-state index >= 15 is 0 Å². The van der Waals surface area contributed by atoms with Gasteiger partial charge in [-0.15, -0.1) is 0 Å². The van der Waals surface area contributed by atoms with Crippen molar-refractivity contribution in [3.05, 3.63) is 54.0 Å². The molecule has 2 heterocycles. The van der Waals surface area contributed by atoms with Gasteiger partial charge in [-0.3, -0.25) is 4.98 Å². The third-order valence-electron chi connectivity index (χ3n) is 2.87. The van der Waals surface area contributed by atoms with Gasteiger partial charge in [-0.05, 0) is 35.9 Å². The highest BCUT2D eigenvalue weighted by molar-refractivity contribution is 7.89. The van der Waals surface area contributed by atoms with E-state index in [9.17, 15) is 8.42 Å². The number of hydrogen-bond donors (Lipinski definition) is 2. The molecule has 2 rings (SSSR count). The Morgan fingerprint density at radius 1 is 1.05 bits per heavy atom. The molecular weight excluding hydrogens is 288 g/mol. The molecule has 2 aromatic rings. The lowest BCUT2D eigenvalue weighted by Crippen LogP contribution is -2.24. The largest absolute Gasteiger partial charge is 0.313 e. The van der Waals surface area contributed by atoms with Crippen LogP contribution in [0.25, 0.3) is 0 Å². The summed E-state index contributed by atoms with van der Waals surface area (Å²) in [5, 5.41) is 3.18. The lowest BCUT2D eigenvalue weighted by molar-refractivity contribution is 0.577. The Kier molecular flexibility index (Phi) is 5.38. The van der Waals surface area contributed by atoms with Crippen molar-refractivity contribution >= 4 is 10.0 Å². The number of hydrogen-bond acceptors (Lipinski definition) is 5. The molecule has 21 heavy (non-hydrogen) atoms. The zero-order chi connectivity index (χ0) is 15.1. The Labute approximate surface area is 124 Å². The maximum Gasteiger partial charge on any atom is 0.258 e. The van der Waals surface area contributed by atoms with E-state index in [-0.39, 0.29) is 11.6 Å². The molecular formula is C14H18N4O2S. The summed E-state index contributed by atoms with van der Waals surface area (Å²) < 4.78 is 26.8. The van der Waals surface area contributed by atoms with E-state index in [2.05, 4.69) is 20.0 Å². The summed E-state index contributed by atoms with van der Waals surface area (Å²) in [5.74, 6) is 0. The summed E-state index contributed by atoms with van der Waals surface area (Å²) >= 11 is 0. The second-order valence-corrected chi connectivity index (χ2v) is 6.18. The van der Waals surface area contributed by atoms with Gasteiger partial charge in [0.2, 0.25) is 0 Å². The van der Waals surface area contributed by atoms with Gasteiger partial charge in [-0.25, -0.2) is 18.1 Å². The first kappa shape index (κ1) is 15.6. The molecule has 0 aliphatic heterocycles. The van der Waals surface area contributed by atoms with Crippen LogP contribution in [0.4, 0.5) is 0 Å². The zero-order valence-electron chi connectivity index (χ0n) is 11.8. The van der Waals surface area contributed by atoms with E-state index in [4.69, 9.17) is 0 Å². The molecule has 0 saturated heterocycles. The van der Waals surface area contributed by atoms with Gasteiger partial charge in [0.05, 0.1) is 0 Å². The van der Waals surface area contributed by atoms with Gasteiger partial charge in [0, 0.05) is 31.7 Å². The topological polar surface area (TPSA) is 84.0 Å². The van der Waals surface area contributed by atoms with Crippen LogP contribution in [0.5, 0.6) is 0 Å². The van der Waals surface area contributed by atoms with Crippen LogP contribution in [-0.4, -0.2) is 24.9 Å². The van der Waals surface area contributed by atoms with Crippen LogP contribution in [0, 0.1) is 0 Å². The minimum Gasteiger partial charge on any atom is -0.313 e. The van der Waals surface area contributed by atoms with E-state index in [1.54, 1.807) is 36.8 Å². The van der Waals surface area contributed by atoms with Crippen LogP contribution >= 0.6 is 0 Å². The molecule has 0 radical (unpaired) electrons. The van der Waals surface area contributed by atoms with Crippen LogP contribution < -0.4 is 10.0 Å². The van der Waals surface area contributed by atoms with Crippen molar-refractivity contribution in [1.29, 1.82) is 0 Å². The van der Waals surface area contributed by atoms with E-state index in [0.29, 0.717) is 6.54 Å². The first-order chi connectivity index (χ1) is 10.1. The maximum atomic E-state index is 12.1. The van der Waals surface area contributed by atoms with Crippen molar-refractivity contribution in [3.63, 3.8) is 0 Å². The summed E-state index contributed by atoms with van der Waals surface area (Å²) in [5.41, 5.74) is 1.79. The molecule has 6 nitrogen and oxygen atoms in total. The zero-order valence-corrected chi connectivity index (χ0v) is 12.6. The van der Waals surface area contributed by atoms with Crippen molar-refractivity contribution in [1.82, 2.24) is 20.0 Å². The van der Waals surface area contributed by atoms with Crippen molar-refractivity contribution < 1.29 is 8.42 Å². The van der Waals surface area contributed by atoms with Gasteiger partial charge < -0.3 is 5.32 Å². The minimum absolute atomic E-state index is 0.0248. The predicted molar refractivity (Wildman–Crippen MR) is 79.9 cm³/mol. The number of pyridine rings is 2. The van der Waals surface area contributed by atoms with Crippen LogP contribution in [0.3, 0.4) is 0 Å². The first-order valence-corrected chi connectivity index (χ1v) is 8.14. The fourth-order valence-electron chi connectivity index (χ4n) is 1.70. The number of sulfonamides is 1. The van der Waals surface area contributed by atoms with Crippen LogP contribution in [0.1, 0.15) is 18.1 Å². The minimum atomic E-state index is -3.60. The molecule has 7 heteroatoms. The highest BCUT2D eigenvalue weighted by Crippen LogP contribution is 2.07. The molecule has 2 aromatic heterocycles. The Hall–Kier alpha value is -1.83. The lowest BCUT2D eigenvalue weighted by Gasteiger charge is -2.07. The molecule has 0 atom stereocenters. The van der Waals surface area contributed by atoms with Crippen LogP contribution in [-0.2, 0) is 23.1 Å². The molecule has 112 valence electrons. The van der Waals surface area contributed by atoms with E-state index in [1.807, 2.05) is 6.92 Å². The Morgan fingerprint density at radius 2 is 1.81 bits per heavy atom. The standard InChI is InChI=1S/C14H18N4O2S/c1-2-15-9-13-3-4-14(17-10-13)21(19,20)18-11-12-5-7-16-8-6-12/h3-8,10,15,18H,2,9,11H2,1H3. The highest BCUT2D eigenvalue weighted by Gasteiger charge is 2.15. The quantitative estimate of drug-likeness (QED) is 0.799. The van der Waals surface area contributed by atoms with E-state index in [0.717, 1.165) is 17.7 Å². The summed E-state index contributed by atoms with van der Waals surface area (Å²) in [6.45, 7) is 3.75. The monoisotopic (exact) mass is 306 g/mol. The van der Waals surface area contributed by atoms with Gasteiger partial charge in [-0.2, -0.15) is 0 Å². The summed E-state index contributed by atoms with van der Waals surface area (Å²) in [7, 11) is -3.60. The molecule has 0 fully saturated rings. The summed E-state index contributed by atoms with van der Waals surface area (Å²) in [6.07, 6.45) is 4.82. The highest BCUT2D eigenvalue weighted by atomic mass is 32.2. The molecule has 0 aromatic carbocycles. The Balaban J connectivity index is 2.02. The molecule has 0 bridgehead atoms. The van der Waals surface area contributed by atoms with Gasteiger partial charge in [0.15, 0.2) is 5.03 Å². The molecule has 0 aliphatic rings. The normalized spacial score (nSPS) is 11.5. The second kappa shape index (κ2) is 7.26. The molecule has 0 saturated carbocycles. The SMILES string of the molecule is CCNCc1ccc(S(=O)(=O)NCc2ccncc2)nc1. The lowest BCUT2D eigenvalue weighted by atomic mass is 10.3. The Morgan fingerprint density at radius 3 is 2.43 bits per heavy atom. The average Bonchev–Trinajstić information content (AvgIpc) is 2.52. The number of aromatic nitrogens is 2. The van der Waals surface area contributed by atoms with Crippen molar-refractivity contribution in [2.24, 2.45) is 0 Å². The molecule has 0 amide bonds. The molecule has 0 aliphatic carbocycles. The summed E-state index contributed by atoms with van der Waals surface area (Å²) in [6, 6.07) is 6.79. The van der Waals surface area contributed by atoms with E-state index < -0.39 is 10.0 Å². The van der Waals surface area contributed by atoms with Gasteiger partial charge in [0.25, 0.3) is 10.0 Å². The van der Waals surface area contributed by atoms with Crippen molar-refractivity contribution in [2.45, 2.75) is 25.0 Å². The fourth-order valence-corrected chi connectivity index (χ4v) is 2.64.